The van der Waals surface area contributed by atoms with Gasteiger partial charge in [-0.1, -0.05) is 62.9 Å². The number of benzene rings is 1. The minimum atomic E-state index is -0.112. The summed E-state index contributed by atoms with van der Waals surface area (Å²) < 4.78 is 4.79. The van der Waals surface area contributed by atoms with Crippen molar-refractivity contribution in [2.45, 2.75) is 51.4 Å². The fourth-order valence-electron chi connectivity index (χ4n) is 2.21. The molecule has 0 amide bonds. The van der Waals surface area contributed by atoms with Gasteiger partial charge in [0.15, 0.2) is 0 Å². The summed E-state index contributed by atoms with van der Waals surface area (Å²) in [5.74, 6) is 0.190. The Morgan fingerprint density at radius 2 is 1.89 bits per heavy atom. The van der Waals surface area contributed by atoms with Crippen molar-refractivity contribution < 1.29 is 9.53 Å². The lowest BCUT2D eigenvalue weighted by molar-refractivity contribution is -0.141. The van der Waals surface area contributed by atoms with Crippen LogP contribution in [0.3, 0.4) is 0 Å². The Morgan fingerprint density at radius 1 is 1.17 bits per heavy atom. The molecule has 2 nitrogen and oxygen atoms in total. The molecule has 0 spiro atoms. The van der Waals surface area contributed by atoms with E-state index in [1.807, 2.05) is 18.2 Å². The van der Waals surface area contributed by atoms with Gasteiger partial charge in [-0.15, -0.1) is 0 Å². The predicted octanol–water partition coefficient (Wildman–Crippen LogP) is 4.30. The van der Waals surface area contributed by atoms with Crippen LogP contribution in [0.2, 0.25) is 0 Å². The third-order valence-corrected chi connectivity index (χ3v) is 3.32. The van der Waals surface area contributed by atoms with Gasteiger partial charge >= 0.3 is 5.97 Å². The minimum absolute atomic E-state index is 0.112. The average molecular weight is 248 g/mol. The van der Waals surface area contributed by atoms with E-state index in [9.17, 15) is 4.79 Å². The fourth-order valence-corrected chi connectivity index (χ4v) is 2.21. The van der Waals surface area contributed by atoms with E-state index in [2.05, 4.69) is 19.1 Å². The minimum Gasteiger partial charge on any atom is -0.469 e. The van der Waals surface area contributed by atoms with Crippen LogP contribution in [0, 0.1) is 0 Å². The second-order valence-electron chi connectivity index (χ2n) is 4.74. The van der Waals surface area contributed by atoms with Crippen molar-refractivity contribution in [1.82, 2.24) is 0 Å². The zero-order valence-corrected chi connectivity index (χ0v) is 11.5. The van der Waals surface area contributed by atoms with Crippen LogP contribution in [0.1, 0.15) is 56.9 Å². The molecular weight excluding hydrogens is 224 g/mol. The van der Waals surface area contributed by atoms with Crippen LogP contribution in [0.15, 0.2) is 30.3 Å². The molecule has 0 radical (unpaired) electrons. The molecule has 0 N–H and O–H groups in total. The summed E-state index contributed by atoms with van der Waals surface area (Å²) in [5.41, 5.74) is 1.25. The molecule has 1 aromatic carbocycles. The first-order valence-electron chi connectivity index (χ1n) is 6.89. The van der Waals surface area contributed by atoms with Crippen LogP contribution in [0.4, 0.5) is 0 Å². The number of rotatable bonds is 8. The van der Waals surface area contributed by atoms with Crippen molar-refractivity contribution in [2.24, 2.45) is 0 Å². The van der Waals surface area contributed by atoms with Crippen molar-refractivity contribution in [3.05, 3.63) is 35.9 Å². The zero-order valence-electron chi connectivity index (χ0n) is 11.5. The average Bonchev–Trinajstić information content (AvgIpc) is 2.43. The van der Waals surface area contributed by atoms with Crippen LogP contribution < -0.4 is 0 Å². The summed E-state index contributed by atoms with van der Waals surface area (Å²) in [4.78, 5) is 11.5. The summed E-state index contributed by atoms with van der Waals surface area (Å²) in [7, 11) is 1.46. The lowest BCUT2D eigenvalue weighted by Crippen LogP contribution is -2.09. The highest BCUT2D eigenvalue weighted by atomic mass is 16.5. The van der Waals surface area contributed by atoms with Gasteiger partial charge in [-0.25, -0.2) is 0 Å². The van der Waals surface area contributed by atoms with E-state index in [0.29, 0.717) is 12.3 Å². The first-order valence-corrected chi connectivity index (χ1v) is 6.89. The van der Waals surface area contributed by atoms with Gasteiger partial charge in [0.05, 0.1) is 13.5 Å². The SMILES string of the molecule is CCCCCCC(CC(=O)OC)c1ccccc1. The van der Waals surface area contributed by atoms with E-state index in [0.717, 1.165) is 6.42 Å². The predicted molar refractivity (Wildman–Crippen MR) is 74.6 cm³/mol. The molecule has 0 fully saturated rings. The molecule has 1 atom stereocenters. The van der Waals surface area contributed by atoms with E-state index < -0.39 is 0 Å². The first kappa shape index (κ1) is 14.7. The number of methoxy groups -OCH3 is 1. The summed E-state index contributed by atoms with van der Waals surface area (Å²) in [6, 6.07) is 10.3. The standard InChI is InChI=1S/C16H24O2/c1-3-4-5-7-12-15(13-16(17)18-2)14-10-8-6-9-11-14/h6,8-11,15H,3-5,7,12-13H2,1-2H3. The molecule has 1 unspecified atom stereocenters. The van der Waals surface area contributed by atoms with Crippen LogP contribution in [-0.2, 0) is 9.53 Å². The Balaban J connectivity index is 2.55. The highest BCUT2D eigenvalue weighted by Gasteiger charge is 2.15. The number of unbranched alkanes of at least 4 members (excludes halogenated alkanes) is 3. The largest absolute Gasteiger partial charge is 0.469 e. The van der Waals surface area contributed by atoms with Gasteiger partial charge in [0.2, 0.25) is 0 Å². The van der Waals surface area contributed by atoms with E-state index in [-0.39, 0.29) is 5.97 Å². The highest BCUT2D eigenvalue weighted by Crippen LogP contribution is 2.26. The van der Waals surface area contributed by atoms with Crippen molar-refractivity contribution in [2.75, 3.05) is 7.11 Å². The smallest absolute Gasteiger partial charge is 0.306 e. The molecule has 100 valence electrons. The van der Waals surface area contributed by atoms with Crippen molar-refractivity contribution in [3.8, 4) is 0 Å². The molecule has 0 aliphatic heterocycles. The number of hydrogen-bond acceptors (Lipinski definition) is 2. The van der Waals surface area contributed by atoms with Gasteiger partial charge in [0, 0.05) is 0 Å². The van der Waals surface area contributed by atoms with Gasteiger partial charge in [-0.2, -0.15) is 0 Å². The normalized spacial score (nSPS) is 12.1. The Labute approximate surface area is 110 Å². The van der Waals surface area contributed by atoms with Crippen molar-refractivity contribution in [1.29, 1.82) is 0 Å². The highest BCUT2D eigenvalue weighted by molar-refractivity contribution is 5.70. The molecule has 1 aromatic rings. The number of carbonyl (C=O) groups excluding carboxylic acids is 1. The second-order valence-corrected chi connectivity index (χ2v) is 4.74. The van der Waals surface area contributed by atoms with Crippen LogP contribution in [-0.4, -0.2) is 13.1 Å². The molecule has 0 aliphatic carbocycles. The van der Waals surface area contributed by atoms with Gasteiger partial charge < -0.3 is 4.74 Å². The summed E-state index contributed by atoms with van der Waals surface area (Å²) in [5, 5.41) is 0. The fraction of sp³-hybridized carbons (Fsp3) is 0.562. The molecule has 0 heterocycles. The first-order chi connectivity index (χ1) is 8.77. The topological polar surface area (TPSA) is 26.3 Å². The van der Waals surface area contributed by atoms with Crippen molar-refractivity contribution >= 4 is 5.97 Å². The van der Waals surface area contributed by atoms with E-state index >= 15 is 0 Å². The summed E-state index contributed by atoms with van der Waals surface area (Å²) in [6.07, 6.45) is 6.52. The molecule has 1 rings (SSSR count). The summed E-state index contributed by atoms with van der Waals surface area (Å²) >= 11 is 0. The van der Waals surface area contributed by atoms with Crippen LogP contribution >= 0.6 is 0 Å². The quantitative estimate of drug-likeness (QED) is 0.506. The maximum atomic E-state index is 11.5. The second kappa shape index (κ2) is 8.73. The van der Waals surface area contributed by atoms with E-state index in [1.165, 1.54) is 38.4 Å². The van der Waals surface area contributed by atoms with Crippen LogP contribution in [0.25, 0.3) is 0 Å². The number of carbonyl (C=O) groups is 1. The molecule has 0 aromatic heterocycles. The lowest BCUT2D eigenvalue weighted by atomic mass is 9.90. The maximum Gasteiger partial charge on any atom is 0.306 e. The third kappa shape index (κ3) is 5.35. The third-order valence-electron chi connectivity index (χ3n) is 3.32. The van der Waals surface area contributed by atoms with E-state index in [1.54, 1.807) is 0 Å². The van der Waals surface area contributed by atoms with Gasteiger partial charge in [-0.3, -0.25) is 4.79 Å². The Kier molecular flexibility index (Phi) is 7.16. The zero-order chi connectivity index (χ0) is 13.2. The van der Waals surface area contributed by atoms with E-state index in [4.69, 9.17) is 4.74 Å². The molecule has 0 saturated heterocycles. The Morgan fingerprint density at radius 3 is 2.50 bits per heavy atom. The summed E-state index contributed by atoms with van der Waals surface area (Å²) in [6.45, 7) is 2.21. The Hall–Kier alpha value is -1.31. The Bertz CT molecular complexity index is 332. The van der Waals surface area contributed by atoms with Gasteiger partial charge in [-0.05, 0) is 17.9 Å². The molecule has 2 heteroatoms. The lowest BCUT2D eigenvalue weighted by Gasteiger charge is -2.16. The number of hydrogen-bond donors (Lipinski definition) is 0. The number of esters is 1. The van der Waals surface area contributed by atoms with Gasteiger partial charge in [0.1, 0.15) is 0 Å². The van der Waals surface area contributed by atoms with Crippen LogP contribution in [0.5, 0.6) is 0 Å². The number of ether oxygens (including phenoxy) is 1. The maximum absolute atomic E-state index is 11.5. The monoisotopic (exact) mass is 248 g/mol. The molecular formula is C16H24O2. The molecule has 18 heavy (non-hydrogen) atoms. The molecule has 0 aliphatic rings. The molecule has 0 bridgehead atoms. The van der Waals surface area contributed by atoms with Gasteiger partial charge in [0.25, 0.3) is 0 Å². The molecule has 0 saturated carbocycles. The van der Waals surface area contributed by atoms with Crippen molar-refractivity contribution in [3.63, 3.8) is 0 Å².